The van der Waals surface area contributed by atoms with Crippen LogP contribution in [-0.2, 0) is 20.7 Å². The minimum Gasteiger partial charge on any atom is -0.451 e. The maximum absolute atomic E-state index is 13.5. The van der Waals surface area contributed by atoms with E-state index in [-0.39, 0.29) is 40.6 Å². The van der Waals surface area contributed by atoms with Gasteiger partial charge in [-0.3, -0.25) is 9.59 Å². The molecule has 3 saturated carbocycles. The van der Waals surface area contributed by atoms with E-state index in [1.54, 1.807) is 12.1 Å². The summed E-state index contributed by atoms with van der Waals surface area (Å²) in [6, 6.07) is 6.34. The number of rotatable bonds is 4. The molecular weight excluding hydrogens is 507 g/mol. The number of ketones is 1. The second-order valence-corrected chi connectivity index (χ2v) is 12.5. The Kier molecular flexibility index (Phi) is 5.93. The molecule has 6 nitrogen and oxygen atoms in total. The Balaban J connectivity index is 1.37. The number of allylic oxidation sites excluding steroid dienone is 1. The highest BCUT2D eigenvalue weighted by atomic mass is 35.5. The van der Waals surface area contributed by atoms with Crippen molar-refractivity contribution in [2.24, 2.45) is 28.6 Å². The molecular formula is C30H34ClFN2O4. The molecule has 0 aliphatic heterocycles. The Morgan fingerprint density at radius 3 is 2.66 bits per heavy atom. The van der Waals surface area contributed by atoms with Crippen molar-refractivity contribution < 1.29 is 23.8 Å². The van der Waals surface area contributed by atoms with Gasteiger partial charge in [-0.05, 0) is 97.6 Å². The van der Waals surface area contributed by atoms with E-state index in [9.17, 15) is 19.1 Å². The molecule has 0 radical (unpaired) electrons. The third-order valence-electron chi connectivity index (χ3n) is 10.5. The van der Waals surface area contributed by atoms with Crippen molar-refractivity contribution >= 4 is 29.4 Å². The summed E-state index contributed by atoms with van der Waals surface area (Å²) in [5.74, 6) is -0.893. The van der Waals surface area contributed by atoms with E-state index in [1.807, 2.05) is 17.8 Å². The lowest BCUT2D eigenvalue weighted by atomic mass is 9.45. The van der Waals surface area contributed by atoms with Crippen molar-refractivity contribution in [2.75, 3.05) is 5.88 Å². The van der Waals surface area contributed by atoms with Gasteiger partial charge in [0.05, 0.1) is 29.6 Å². The van der Waals surface area contributed by atoms with Gasteiger partial charge in [0.2, 0.25) is 0 Å². The van der Waals surface area contributed by atoms with Gasteiger partial charge in [-0.25, -0.2) is 9.07 Å². The second-order valence-electron chi connectivity index (χ2n) is 12.2. The summed E-state index contributed by atoms with van der Waals surface area (Å²) >= 11 is 6.05. The number of aliphatic hydroxyl groups excluding tert-OH is 1. The molecule has 4 aliphatic carbocycles. The Morgan fingerprint density at radius 2 is 1.97 bits per heavy atom. The molecule has 7 atom stereocenters. The predicted octanol–water partition coefficient (Wildman–Crippen LogP) is 5.27. The first-order valence-electron chi connectivity index (χ1n) is 13.5. The summed E-state index contributed by atoms with van der Waals surface area (Å²) in [6.07, 6.45) is 7.60. The molecule has 8 heteroatoms. The number of benzene rings is 1. The van der Waals surface area contributed by atoms with Crippen LogP contribution in [0.15, 0.2) is 36.0 Å². The molecule has 202 valence electrons. The standard InChI is InChI=1S/C30H34ClFN2O4/c1-17(35)38-30(26(37)15-31)11-10-23-22-9-4-19-12-24-18(16-33-34(24)21-7-5-20(32)6-8-21)13-28(19,2)27(22)25(36)14-29(23,30)3/h5-8,12,16,22-23,25,27,36H,4,9-11,13-15H2,1-3H3/t22?,23-,25?,27+,28?,29?,30?/m0/s1. The topological polar surface area (TPSA) is 81.4 Å². The van der Waals surface area contributed by atoms with Crippen LogP contribution in [0.4, 0.5) is 4.39 Å². The number of halogens is 2. The highest BCUT2D eigenvalue weighted by molar-refractivity contribution is 6.29. The Morgan fingerprint density at radius 1 is 1.24 bits per heavy atom. The Labute approximate surface area is 227 Å². The van der Waals surface area contributed by atoms with Crippen LogP contribution in [-0.4, -0.2) is 44.2 Å². The van der Waals surface area contributed by atoms with Crippen LogP contribution in [0.2, 0.25) is 0 Å². The molecule has 1 heterocycles. The summed E-state index contributed by atoms with van der Waals surface area (Å²) in [5, 5.41) is 16.5. The minimum absolute atomic E-state index is 0.0159. The summed E-state index contributed by atoms with van der Waals surface area (Å²) < 4.78 is 21.2. The van der Waals surface area contributed by atoms with Crippen molar-refractivity contribution in [2.45, 2.75) is 71.0 Å². The number of aromatic nitrogens is 2. The zero-order valence-corrected chi connectivity index (χ0v) is 22.8. The van der Waals surface area contributed by atoms with Gasteiger partial charge >= 0.3 is 5.97 Å². The molecule has 3 fully saturated rings. The lowest BCUT2D eigenvalue weighted by molar-refractivity contribution is -0.198. The number of hydrogen-bond donors (Lipinski definition) is 1. The first kappa shape index (κ1) is 25.8. The van der Waals surface area contributed by atoms with Crippen LogP contribution in [0.3, 0.4) is 0 Å². The Hall–Kier alpha value is -2.51. The Bertz CT molecular complexity index is 1340. The van der Waals surface area contributed by atoms with Gasteiger partial charge in [0.1, 0.15) is 5.82 Å². The van der Waals surface area contributed by atoms with Gasteiger partial charge in [-0.15, -0.1) is 11.6 Å². The van der Waals surface area contributed by atoms with Crippen LogP contribution < -0.4 is 0 Å². The number of carbonyl (C=O) groups is 2. The van der Waals surface area contributed by atoms with E-state index in [4.69, 9.17) is 16.3 Å². The average Bonchev–Trinajstić information content (AvgIpc) is 3.39. The lowest BCUT2D eigenvalue weighted by Crippen LogP contribution is -2.63. The number of nitrogens with zero attached hydrogens (tertiary/aromatic N) is 2. The van der Waals surface area contributed by atoms with Crippen molar-refractivity contribution in [3.05, 3.63) is 53.1 Å². The summed E-state index contributed by atoms with van der Waals surface area (Å²) in [7, 11) is 0. The van der Waals surface area contributed by atoms with E-state index < -0.39 is 23.1 Å². The van der Waals surface area contributed by atoms with Gasteiger partial charge in [0.15, 0.2) is 11.4 Å². The number of hydrogen-bond acceptors (Lipinski definition) is 5. The van der Waals surface area contributed by atoms with Gasteiger partial charge in [0.25, 0.3) is 0 Å². The maximum atomic E-state index is 13.5. The van der Waals surface area contributed by atoms with E-state index in [0.717, 1.165) is 42.6 Å². The number of fused-ring (bicyclic) bond motifs is 6. The zero-order valence-electron chi connectivity index (χ0n) is 22.0. The van der Waals surface area contributed by atoms with E-state index >= 15 is 0 Å². The predicted molar refractivity (Wildman–Crippen MR) is 141 cm³/mol. The first-order valence-corrected chi connectivity index (χ1v) is 14.1. The fourth-order valence-electron chi connectivity index (χ4n) is 9.00. The number of carbonyl (C=O) groups excluding carboxylic acids is 2. The van der Waals surface area contributed by atoms with Crippen LogP contribution in [0.1, 0.15) is 64.1 Å². The molecule has 0 amide bonds. The van der Waals surface area contributed by atoms with Crippen molar-refractivity contribution in [1.82, 2.24) is 9.78 Å². The molecule has 4 aliphatic rings. The highest BCUT2D eigenvalue weighted by Crippen LogP contribution is 2.68. The van der Waals surface area contributed by atoms with Gasteiger partial charge in [-0.1, -0.05) is 19.4 Å². The molecule has 1 N–H and O–H groups in total. The molecule has 0 saturated heterocycles. The van der Waals surface area contributed by atoms with Gasteiger partial charge in [-0.2, -0.15) is 5.10 Å². The lowest BCUT2D eigenvalue weighted by Gasteiger charge is -2.60. The van der Waals surface area contributed by atoms with Crippen LogP contribution in [0.5, 0.6) is 0 Å². The molecule has 0 spiro atoms. The zero-order chi connectivity index (χ0) is 27.0. The van der Waals surface area contributed by atoms with E-state index in [0.29, 0.717) is 12.8 Å². The first-order chi connectivity index (χ1) is 18.0. The fourth-order valence-corrected chi connectivity index (χ4v) is 9.21. The SMILES string of the molecule is CC(=O)OC1(C(=O)CCl)CC[C@H]2C3CCC4=Cc5c(cnn5-c5ccc(F)cc5)CC4(C)[C@H]3C(O)CC21C. The van der Waals surface area contributed by atoms with Crippen LogP contribution in [0, 0.1) is 34.4 Å². The number of ether oxygens (including phenoxy) is 1. The fraction of sp³-hybridized carbons (Fsp3) is 0.567. The largest absolute Gasteiger partial charge is 0.451 e. The molecule has 1 aromatic carbocycles. The third-order valence-corrected chi connectivity index (χ3v) is 10.7. The minimum atomic E-state index is -1.29. The quantitative estimate of drug-likeness (QED) is 0.422. The molecule has 5 unspecified atom stereocenters. The van der Waals surface area contributed by atoms with Crippen molar-refractivity contribution in [1.29, 1.82) is 0 Å². The van der Waals surface area contributed by atoms with Crippen LogP contribution >= 0.6 is 11.6 Å². The van der Waals surface area contributed by atoms with Gasteiger partial charge in [0, 0.05) is 12.3 Å². The number of Topliss-reactive ketones (excluding diaryl/α,β-unsaturated/α-hetero) is 1. The summed E-state index contributed by atoms with van der Waals surface area (Å²) in [4.78, 5) is 25.4. The smallest absolute Gasteiger partial charge is 0.303 e. The molecule has 0 bridgehead atoms. The van der Waals surface area contributed by atoms with Gasteiger partial charge < -0.3 is 9.84 Å². The third kappa shape index (κ3) is 3.43. The number of esters is 1. The average molecular weight is 541 g/mol. The van der Waals surface area contributed by atoms with Crippen molar-refractivity contribution in [3.8, 4) is 5.69 Å². The summed E-state index contributed by atoms with van der Waals surface area (Å²) in [6.45, 7) is 5.63. The maximum Gasteiger partial charge on any atom is 0.303 e. The number of alkyl halides is 1. The van der Waals surface area contributed by atoms with E-state index in [1.165, 1.54) is 24.6 Å². The monoisotopic (exact) mass is 540 g/mol. The second kappa shape index (κ2) is 8.75. The van der Waals surface area contributed by atoms with Crippen molar-refractivity contribution in [3.63, 3.8) is 0 Å². The molecule has 6 rings (SSSR count). The molecule has 38 heavy (non-hydrogen) atoms. The number of aliphatic hydroxyl groups is 1. The van der Waals surface area contributed by atoms with Crippen LogP contribution in [0.25, 0.3) is 11.8 Å². The summed E-state index contributed by atoms with van der Waals surface area (Å²) in [5.41, 5.74) is 2.03. The molecule has 1 aromatic heterocycles. The molecule has 2 aromatic rings. The highest BCUT2D eigenvalue weighted by Gasteiger charge is 2.70. The van der Waals surface area contributed by atoms with E-state index in [2.05, 4.69) is 18.1 Å². The normalized spacial score (nSPS) is 37.4.